The Morgan fingerprint density at radius 3 is 2.71 bits per heavy atom. The summed E-state index contributed by atoms with van der Waals surface area (Å²) in [6.07, 6.45) is -3.84. The molecule has 0 spiro atoms. The average molecular weight is 649 g/mol. The van der Waals surface area contributed by atoms with Crippen molar-refractivity contribution in [3.63, 3.8) is 0 Å². The lowest BCUT2D eigenvalue weighted by atomic mass is 9.92. The van der Waals surface area contributed by atoms with Gasteiger partial charge in [0.15, 0.2) is 5.82 Å². The summed E-state index contributed by atoms with van der Waals surface area (Å²) < 4.78 is 95.9. The molecule has 0 bridgehead atoms. The minimum absolute atomic E-state index is 0.00476. The number of anilines is 2. The number of thiophene rings is 1. The second-order valence-electron chi connectivity index (χ2n) is 11.8. The van der Waals surface area contributed by atoms with Gasteiger partial charge < -0.3 is 20.5 Å². The van der Waals surface area contributed by atoms with Crippen molar-refractivity contribution in [1.82, 2.24) is 14.9 Å². The lowest BCUT2D eigenvalue weighted by Gasteiger charge is -2.41. The Hall–Kier alpha value is -3.87. The van der Waals surface area contributed by atoms with Gasteiger partial charge in [-0.2, -0.15) is 28.4 Å². The Kier molecular flexibility index (Phi) is 7.03. The number of nitrogens with two attached hydrogens (primary N) is 1. The Balaban J connectivity index is 1.46. The van der Waals surface area contributed by atoms with Crippen molar-refractivity contribution >= 4 is 43.1 Å². The number of hydrogen-bond acceptors (Lipinski definition) is 9. The van der Waals surface area contributed by atoms with E-state index >= 15 is 4.39 Å². The van der Waals surface area contributed by atoms with Crippen molar-refractivity contribution < 1.29 is 36.2 Å². The van der Waals surface area contributed by atoms with Crippen LogP contribution in [0.15, 0.2) is 18.2 Å². The molecule has 3 aliphatic heterocycles. The van der Waals surface area contributed by atoms with Crippen LogP contribution in [0.25, 0.3) is 32.1 Å². The molecule has 3 fully saturated rings. The van der Waals surface area contributed by atoms with Crippen molar-refractivity contribution in [2.45, 2.75) is 49.6 Å². The van der Waals surface area contributed by atoms with Crippen LogP contribution in [0.4, 0.5) is 37.2 Å². The fourth-order valence-electron chi connectivity index (χ4n) is 7.03. The van der Waals surface area contributed by atoms with Gasteiger partial charge in [0, 0.05) is 35.8 Å². The van der Waals surface area contributed by atoms with Crippen LogP contribution in [0, 0.1) is 23.0 Å². The molecular weight excluding hydrogens is 622 g/mol. The maximum Gasteiger partial charge on any atom is 0.417 e. The van der Waals surface area contributed by atoms with Crippen LogP contribution in [-0.4, -0.2) is 70.6 Å². The van der Waals surface area contributed by atoms with Gasteiger partial charge in [-0.3, -0.25) is 4.90 Å². The van der Waals surface area contributed by atoms with Crippen LogP contribution in [0.1, 0.15) is 36.8 Å². The Morgan fingerprint density at radius 2 is 2.02 bits per heavy atom. The summed E-state index contributed by atoms with van der Waals surface area (Å²) >= 11 is 0.679. The van der Waals surface area contributed by atoms with E-state index < -0.39 is 52.2 Å². The zero-order chi connectivity index (χ0) is 31.8. The first-order valence-corrected chi connectivity index (χ1v) is 15.2. The first-order chi connectivity index (χ1) is 21.5. The largest absolute Gasteiger partial charge is 0.461 e. The molecule has 3 aliphatic rings. The molecule has 2 aromatic heterocycles. The van der Waals surface area contributed by atoms with E-state index in [-0.39, 0.29) is 69.6 Å². The quantitative estimate of drug-likeness (QED) is 0.253. The number of aromatic nitrogens is 2. The normalized spacial score (nSPS) is 23.5. The molecule has 5 heterocycles. The number of ether oxygens (including phenoxy) is 1. The molecule has 45 heavy (non-hydrogen) atoms. The molecule has 7 rings (SSSR count). The molecule has 0 unspecified atom stereocenters. The van der Waals surface area contributed by atoms with Crippen LogP contribution in [0.3, 0.4) is 0 Å². The number of fused-ring (bicyclic) bond motifs is 3. The third-order valence-corrected chi connectivity index (χ3v) is 10.3. The number of nitriles is 1. The first kappa shape index (κ1) is 29.8. The van der Waals surface area contributed by atoms with E-state index in [9.17, 15) is 32.3 Å². The molecule has 3 saturated heterocycles. The van der Waals surface area contributed by atoms with Gasteiger partial charge in [-0.25, -0.2) is 13.2 Å². The zero-order valence-electron chi connectivity index (χ0n) is 23.6. The maximum atomic E-state index is 16.8. The van der Waals surface area contributed by atoms with E-state index in [1.165, 1.54) is 0 Å². The lowest BCUT2D eigenvalue weighted by Crippen LogP contribution is -2.50. The number of alkyl halides is 4. The maximum absolute atomic E-state index is 16.8. The molecule has 0 aliphatic carbocycles. The predicted molar refractivity (Wildman–Crippen MR) is 156 cm³/mol. The summed E-state index contributed by atoms with van der Waals surface area (Å²) in [4.78, 5) is 12.2. The highest BCUT2D eigenvalue weighted by Crippen LogP contribution is 2.48. The van der Waals surface area contributed by atoms with Gasteiger partial charge in [-0.1, -0.05) is 6.07 Å². The van der Waals surface area contributed by atoms with Gasteiger partial charge >= 0.3 is 12.2 Å². The van der Waals surface area contributed by atoms with Crippen molar-refractivity contribution in [2.75, 3.05) is 43.5 Å². The van der Waals surface area contributed by atoms with Gasteiger partial charge in [-0.05, 0) is 43.5 Å². The molecule has 0 amide bonds. The smallest absolute Gasteiger partial charge is 0.417 e. The standard InChI is InChI=1S/C30H26F6N6O2S/c31-14-9-29(5-1-6-41(29)11-14)13-44-28-39-24-17(27(40-28)42-7-4-15(42)12-43)8-19(30(34,35)36)22(23(24)33)16-2-3-20(32)25-21(16)18(10-37)26(38)45-25/h2-3,8,14-15,43H,1,4-7,9,11-13,38H2/t14-,15+,29+/m1/s1. The van der Waals surface area contributed by atoms with Gasteiger partial charge in [0.2, 0.25) is 0 Å². The van der Waals surface area contributed by atoms with Crippen LogP contribution >= 0.6 is 11.3 Å². The number of hydrogen-bond donors (Lipinski definition) is 2. The molecule has 8 nitrogen and oxygen atoms in total. The summed E-state index contributed by atoms with van der Waals surface area (Å²) in [5.41, 5.74) is 1.87. The van der Waals surface area contributed by atoms with E-state index in [2.05, 4.69) is 9.97 Å². The molecule has 3 N–H and O–H groups in total. The Labute approximate surface area is 256 Å². The lowest BCUT2D eigenvalue weighted by molar-refractivity contribution is -0.137. The van der Waals surface area contributed by atoms with E-state index in [0.717, 1.165) is 24.6 Å². The van der Waals surface area contributed by atoms with Crippen LogP contribution in [-0.2, 0) is 6.18 Å². The average Bonchev–Trinajstić information content (AvgIpc) is 3.61. The summed E-state index contributed by atoms with van der Waals surface area (Å²) in [5.74, 6) is -2.24. The monoisotopic (exact) mass is 648 g/mol. The van der Waals surface area contributed by atoms with E-state index in [1.807, 2.05) is 4.90 Å². The SMILES string of the molecule is N#Cc1c(N)sc2c(F)ccc(-c3c(C(F)(F)F)cc4c(N5CC[C@H]5CO)nc(OC[C@@]56CCCN5C[C@H](F)C6)nc4c3F)c12. The predicted octanol–water partition coefficient (Wildman–Crippen LogP) is 5.79. The molecule has 4 aromatic rings. The molecule has 15 heteroatoms. The summed E-state index contributed by atoms with van der Waals surface area (Å²) in [5, 5.41) is 19.0. The van der Waals surface area contributed by atoms with Gasteiger partial charge in [-0.15, -0.1) is 11.3 Å². The molecule has 0 radical (unpaired) electrons. The fraction of sp³-hybridized carbons (Fsp3) is 0.433. The number of halogens is 6. The Bertz CT molecular complexity index is 1890. The molecule has 2 aromatic carbocycles. The van der Waals surface area contributed by atoms with Crippen molar-refractivity contribution in [3.8, 4) is 23.2 Å². The van der Waals surface area contributed by atoms with E-state index in [4.69, 9.17) is 10.5 Å². The Morgan fingerprint density at radius 1 is 1.22 bits per heavy atom. The summed E-state index contributed by atoms with van der Waals surface area (Å²) in [6, 6.07) is 3.65. The minimum Gasteiger partial charge on any atom is -0.461 e. The molecule has 3 atom stereocenters. The number of nitrogens with zero attached hydrogens (tertiary/aromatic N) is 5. The number of benzene rings is 2. The van der Waals surface area contributed by atoms with E-state index in [1.54, 1.807) is 11.0 Å². The molecule has 236 valence electrons. The van der Waals surface area contributed by atoms with Crippen molar-refractivity contribution in [2.24, 2.45) is 0 Å². The summed E-state index contributed by atoms with van der Waals surface area (Å²) in [7, 11) is 0. The molecular formula is C30H26F6N6O2S. The van der Waals surface area contributed by atoms with Crippen LogP contribution < -0.4 is 15.4 Å². The number of aliphatic hydroxyl groups is 1. The zero-order valence-corrected chi connectivity index (χ0v) is 24.4. The van der Waals surface area contributed by atoms with Gasteiger partial charge in [0.25, 0.3) is 0 Å². The number of rotatable bonds is 6. The highest BCUT2D eigenvalue weighted by atomic mass is 32.1. The third kappa shape index (κ3) is 4.64. The number of nitrogen functional groups attached to an aromatic ring is 1. The van der Waals surface area contributed by atoms with Crippen molar-refractivity contribution in [1.29, 1.82) is 5.26 Å². The first-order valence-electron chi connectivity index (χ1n) is 14.4. The highest BCUT2D eigenvalue weighted by molar-refractivity contribution is 7.23. The van der Waals surface area contributed by atoms with Gasteiger partial charge in [0.05, 0.1) is 34.0 Å². The number of aliphatic hydroxyl groups excluding tert-OH is 1. The fourth-order valence-corrected chi connectivity index (χ4v) is 7.98. The molecule has 0 saturated carbocycles. The van der Waals surface area contributed by atoms with Crippen LogP contribution in [0.5, 0.6) is 6.01 Å². The second-order valence-corrected chi connectivity index (χ2v) is 12.8. The topological polar surface area (TPSA) is 112 Å². The minimum atomic E-state index is -5.09. The van der Waals surface area contributed by atoms with Crippen molar-refractivity contribution in [3.05, 3.63) is 41.0 Å². The third-order valence-electron chi connectivity index (χ3n) is 9.25. The van der Waals surface area contributed by atoms with Gasteiger partial charge in [0.1, 0.15) is 41.0 Å². The van der Waals surface area contributed by atoms with E-state index in [0.29, 0.717) is 37.3 Å². The summed E-state index contributed by atoms with van der Waals surface area (Å²) in [6.45, 7) is 0.980. The highest BCUT2D eigenvalue weighted by Gasteiger charge is 2.49. The second kappa shape index (κ2) is 10.6. The van der Waals surface area contributed by atoms with Crippen LogP contribution in [0.2, 0.25) is 0 Å².